The highest BCUT2D eigenvalue weighted by Crippen LogP contribution is 2.26. The van der Waals surface area contributed by atoms with Crippen LogP contribution in [0.3, 0.4) is 0 Å². The van der Waals surface area contributed by atoms with Gasteiger partial charge < -0.3 is 11.1 Å². The average Bonchev–Trinajstić information content (AvgIpc) is 2.67. The minimum Gasteiger partial charge on any atom is -0.374 e. The van der Waals surface area contributed by atoms with Crippen LogP contribution in [0.2, 0.25) is 0 Å². The van der Waals surface area contributed by atoms with E-state index < -0.39 is 0 Å². The lowest BCUT2D eigenvalue weighted by molar-refractivity contribution is 0.817. The molecule has 0 saturated carbocycles. The normalized spacial score (nSPS) is 13.8. The summed E-state index contributed by atoms with van der Waals surface area (Å²) in [4.78, 5) is 0. The second-order valence-corrected chi connectivity index (χ2v) is 3.87. The summed E-state index contributed by atoms with van der Waals surface area (Å²) < 4.78 is 1.64. The first kappa shape index (κ1) is 9.45. The van der Waals surface area contributed by atoms with Gasteiger partial charge in [0.25, 0.3) is 0 Å². The fraction of sp³-hybridized carbons (Fsp3) is 0.556. The Morgan fingerprint density at radius 2 is 2.50 bits per heavy atom. The van der Waals surface area contributed by atoms with Crippen molar-refractivity contribution < 1.29 is 0 Å². The van der Waals surface area contributed by atoms with Crippen LogP contribution >= 0.6 is 12.2 Å². The van der Waals surface area contributed by atoms with Crippen LogP contribution in [0.15, 0.2) is 0 Å². The minimum absolute atomic E-state index is 0.318. The third kappa shape index (κ3) is 1.37. The van der Waals surface area contributed by atoms with Crippen LogP contribution in [0.4, 0.5) is 5.82 Å². The number of nitrogens with one attached hydrogen (secondary N) is 1. The van der Waals surface area contributed by atoms with E-state index in [4.69, 9.17) is 18.0 Å². The highest BCUT2D eigenvalue weighted by Gasteiger charge is 2.22. The number of rotatable bonds is 2. The lowest BCUT2D eigenvalue weighted by atomic mass is 10.1. The number of fused-ring (bicyclic) bond motifs is 1. The topological polar surface area (TPSA) is 55.9 Å². The summed E-state index contributed by atoms with van der Waals surface area (Å²) in [6.07, 6.45) is 3.13. The minimum atomic E-state index is 0.318. The molecule has 0 aromatic carbocycles. The van der Waals surface area contributed by atoms with Gasteiger partial charge in [0.15, 0.2) is 5.11 Å². The molecule has 0 atom stereocenters. The molecule has 0 saturated heterocycles. The van der Waals surface area contributed by atoms with Crippen molar-refractivity contribution in [2.75, 3.05) is 11.9 Å². The molecule has 76 valence electrons. The summed E-state index contributed by atoms with van der Waals surface area (Å²) in [5, 5.41) is 7.99. The second-order valence-electron chi connectivity index (χ2n) is 3.45. The maximum absolute atomic E-state index is 5.59. The Hall–Kier alpha value is -1.10. The molecule has 1 aromatic rings. The van der Waals surface area contributed by atoms with E-state index in [1.807, 2.05) is 0 Å². The number of anilines is 1. The Kier molecular flexibility index (Phi) is 2.41. The fourth-order valence-electron chi connectivity index (χ4n) is 1.84. The molecule has 0 bridgehead atoms. The summed E-state index contributed by atoms with van der Waals surface area (Å²) in [5.74, 6) is 1.00. The summed E-state index contributed by atoms with van der Waals surface area (Å²) in [7, 11) is 0. The smallest absolute Gasteiger partial charge is 0.193 e. The van der Waals surface area contributed by atoms with E-state index >= 15 is 0 Å². The van der Waals surface area contributed by atoms with Crippen molar-refractivity contribution in [3.63, 3.8) is 0 Å². The molecule has 1 aliphatic rings. The Morgan fingerprint density at radius 1 is 1.71 bits per heavy atom. The number of hydrogen-bond acceptors (Lipinski definition) is 3. The van der Waals surface area contributed by atoms with Crippen molar-refractivity contribution in [3.05, 3.63) is 11.3 Å². The van der Waals surface area contributed by atoms with Crippen molar-refractivity contribution >= 4 is 23.1 Å². The van der Waals surface area contributed by atoms with Gasteiger partial charge in [0, 0.05) is 12.1 Å². The molecule has 3 N–H and O–H groups in total. The van der Waals surface area contributed by atoms with Gasteiger partial charge in [0.1, 0.15) is 5.82 Å². The van der Waals surface area contributed by atoms with E-state index in [2.05, 4.69) is 17.3 Å². The van der Waals surface area contributed by atoms with E-state index in [0.717, 1.165) is 37.3 Å². The number of nitrogens with zero attached hydrogens (tertiary/aromatic N) is 2. The molecular formula is C9H14N4S. The van der Waals surface area contributed by atoms with Crippen molar-refractivity contribution in [1.82, 2.24) is 9.78 Å². The Balaban J connectivity index is 2.44. The molecule has 0 unspecified atom stereocenters. The van der Waals surface area contributed by atoms with Gasteiger partial charge in [-0.1, -0.05) is 13.3 Å². The van der Waals surface area contributed by atoms with E-state index in [1.165, 1.54) is 5.56 Å². The predicted octanol–water partition coefficient (Wildman–Crippen LogP) is 0.895. The largest absolute Gasteiger partial charge is 0.374 e. The average molecular weight is 210 g/mol. The quantitative estimate of drug-likeness (QED) is 0.712. The summed E-state index contributed by atoms with van der Waals surface area (Å²) in [5.41, 5.74) is 8.02. The SMILES string of the molecule is CCCc1nn(C(N)=S)c2c1CCN2. The molecule has 0 aliphatic carbocycles. The lowest BCUT2D eigenvalue weighted by Gasteiger charge is -2.01. The van der Waals surface area contributed by atoms with Gasteiger partial charge in [-0.2, -0.15) is 9.78 Å². The van der Waals surface area contributed by atoms with Gasteiger partial charge in [0.05, 0.1) is 5.69 Å². The number of thiocarbonyl (C=S) groups is 1. The van der Waals surface area contributed by atoms with Crippen LogP contribution in [0, 0.1) is 0 Å². The monoisotopic (exact) mass is 210 g/mol. The van der Waals surface area contributed by atoms with Crippen LogP contribution in [-0.2, 0) is 12.8 Å². The molecule has 0 fully saturated rings. The first-order chi connectivity index (χ1) is 6.74. The summed E-state index contributed by atoms with van der Waals surface area (Å²) in [6, 6.07) is 0. The molecule has 4 nitrogen and oxygen atoms in total. The second kappa shape index (κ2) is 3.57. The van der Waals surface area contributed by atoms with E-state index in [0.29, 0.717) is 5.11 Å². The first-order valence-corrected chi connectivity index (χ1v) is 5.29. The van der Waals surface area contributed by atoms with Gasteiger partial charge in [-0.15, -0.1) is 0 Å². The van der Waals surface area contributed by atoms with E-state index in [9.17, 15) is 0 Å². The van der Waals surface area contributed by atoms with E-state index in [-0.39, 0.29) is 0 Å². The Labute approximate surface area is 88.5 Å². The van der Waals surface area contributed by atoms with Crippen LogP contribution < -0.4 is 11.1 Å². The van der Waals surface area contributed by atoms with Crippen LogP contribution in [0.1, 0.15) is 24.6 Å². The first-order valence-electron chi connectivity index (χ1n) is 4.88. The molecule has 5 heteroatoms. The van der Waals surface area contributed by atoms with Crippen molar-refractivity contribution in [1.29, 1.82) is 0 Å². The Morgan fingerprint density at radius 3 is 3.14 bits per heavy atom. The van der Waals surface area contributed by atoms with Crippen molar-refractivity contribution in [2.45, 2.75) is 26.2 Å². The maximum Gasteiger partial charge on any atom is 0.193 e. The zero-order valence-electron chi connectivity index (χ0n) is 8.21. The van der Waals surface area contributed by atoms with Crippen LogP contribution in [0.25, 0.3) is 0 Å². The molecule has 0 spiro atoms. The van der Waals surface area contributed by atoms with Crippen LogP contribution in [0.5, 0.6) is 0 Å². The molecule has 0 radical (unpaired) electrons. The lowest BCUT2D eigenvalue weighted by Crippen LogP contribution is -2.22. The highest BCUT2D eigenvalue weighted by atomic mass is 32.1. The molecule has 0 amide bonds. The molecule has 14 heavy (non-hydrogen) atoms. The number of nitrogens with two attached hydrogens (primary N) is 1. The zero-order valence-corrected chi connectivity index (χ0v) is 9.02. The summed E-state index contributed by atoms with van der Waals surface area (Å²) in [6.45, 7) is 3.11. The number of hydrogen-bond donors (Lipinski definition) is 2. The van der Waals surface area contributed by atoms with Gasteiger partial charge in [0.2, 0.25) is 0 Å². The molecule has 2 heterocycles. The van der Waals surface area contributed by atoms with E-state index in [1.54, 1.807) is 4.68 Å². The number of aromatic nitrogens is 2. The highest BCUT2D eigenvalue weighted by molar-refractivity contribution is 7.80. The predicted molar refractivity (Wildman–Crippen MR) is 60.6 cm³/mol. The fourth-order valence-corrected chi connectivity index (χ4v) is 1.98. The molecule has 2 rings (SSSR count). The third-order valence-electron chi connectivity index (χ3n) is 2.43. The molecular weight excluding hydrogens is 196 g/mol. The van der Waals surface area contributed by atoms with Gasteiger partial charge in [-0.05, 0) is 25.1 Å². The van der Waals surface area contributed by atoms with Crippen molar-refractivity contribution in [2.24, 2.45) is 5.73 Å². The van der Waals surface area contributed by atoms with Gasteiger partial charge in [-0.25, -0.2) is 0 Å². The van der Waals surface area contributed by atoms with Gasteiger partial charge in [-0.3, -0.25) is 0 Å². The maximum atomic E-state index is 5.59. The molecule has 1 aliphatic heterocycles. The Bertz CT molecular complexity index is 369. The number of aryl methyl sites for hydroxylation is 1. The van der Waals surface area contributed by atoms with Gasteiger partial charge >= 0.3 is 0 Å². The zero-order chi connectivity index (χ0) is 10.1. The standard InChI is InChI=1S/C9H14N4S/c1-2-3-7-6-4-5-11-8(6)13(12-7)9(10)14/h11H,2-5H2,1H3,(H2,10,14). The third-order valence-corrected chi connectivity index (χ3v) is 2.60. The van der Waals surface area contributed by atoms with Crippen molar-refractivity contribution in [3.8, 4) is 0 Å². The van der Waals surface area contributed by atoms with Crippen LogP contribution in [-0.4, -0.2) is 21.4 Å². The molecule has 1 aromatic heterocycles. The summed E-state index contributed by atoms with van der Waals surface area (Å²) >= 11 is 4.94.